The Hall–Kier alpha value is -2.85. The minimum Gasteiger partial charge on any atom is -0.493 e. The van der Waals surface area contributed by atoms with Gasteiger partial charge in [-0.1, -0.05) is 0 Å². The zero-order valence-corrected chi connectivity index (χ0v) is 15.1. The monoisotopic (exact) mass is 404 g/mol. The van der Waals surface area contributed by atoms with Crippen molar-refractivity contribution in [2.24, 2.45) is 0 Å². The summed E-state index contributed by atoms with van der Waals surface area (Å²) in [6.07, 6.45) is 1.42. The van der Waals surface area contributed by atoms with E-state index in [1.165, 1.54) is 44.6 Å². The Morgan fingerprint density at radius 1 is 1.24 bits per heavy atom. The largest absolute Gasteiger partial charge is 0.493 e. The predicted molar refractivity (Wildman–Crippen MR) is 95.9 cm³/mol. The molecule has 0 aliphatic rings. The third kappa shape index (κ3) is 4.58. The van der Waals surface area contributed by atoms with Crippen molar-refractivity contribution in [1.82, 2.24) is 0 Å². The van der Waals surface area contributed by atoms with Gasteiger partial charge in [-0.3, -0.25) is 4.79 Å². The van der Waals surface area contributed by atoms with Gasteiger partial charge in [0, 0.05) is 5.69 Å². The number of amides is 1. The first-order chi connectivity index (χ1) is 12.0. The number of halogens is 2. The number of nitriles is 1. The number of nitrogens with zero attached hydrogens (tertiary/aromatic N) is 1. The number of anilines is 1. The highest BCUT2D eigenvalue weighted by molar-refractivity contribution is 9.10. The smallest absolute Gasteiger partial charge is 0.266 e. The molecule has 0 atom stereocenters. The number of methoxy groups -OCH3 is 2. The van der Waals surface area contributed by atoms with Crippen LogP contribution in [-0.4, -0.2) is 20.1 Å². The molecule has 1 amide bonds. The summed E-state index contributed by atoms with van der Waals surface area (Å²) >= 11 is 3.36. The van der Waals surface area contributed by atoms with Gasteiger partial charge in [-0.2, -0.15) is 5.26 Å². The average Bonchev–Trinajstić information content (AvgIpc) is 2.60. The topological polar surface area (TPSA) is 71.3 Å². The fourth-order valence-electron chi connectivity index (χ4n) is 2.07. The van der Waals surface area contributed by atoms with E-state index in [1.54, 1.807) is 12.1 Å². The summed E-state index contributed by atoms with van der Waals surface area (Å²) in [5.74, 6) is -0.0440. The number of benzene rings is 2. The Morgan fingerprint density at radius 2 is 1.92 bits per heavy atom. The van der Waals surface area contributed by atoms with Crippen LogP contribution < -0.4 is 14.8 Å². The fraction of sp³-hybridized carbons (Fsp3) is 0.111. The lowest BCUT2D eigenvalue weighted by Crippen LogP contribution is -2.13. The minimum absolute atomic E-state index is 0.108. The lowest BCUT2D eigenvalue weighted by molar-refractivity contribution is -0.112. The molecule has 7 heteroatoms. The van der Waals surface area contributed by atoms with E-state index in [-0.39, 0.29) is 5.57 Å². The molecule has 0 spiro atoms. The number of ether oxygens (including phenoxy) is 2. The van der Waals surface area contributed by atoms with Crippen molar-refractivity contribution in [3.05, 3.63) is 57.8 Å². The maximum atomic E-state index is 12.9. The molecule has 2 aromatic rings. The Morgan fingerprint density at radius 3 is 2.48 bits per heavy atom. The van der Waals surface area contributed by atoms with E-state index in [1.807, 2.05) is 6.07 Å². The van der Waals surface area contributed by atoms with Crippen molar-refractivity contribution in [1.29, 1.82) is 5.26 Å². The highest BCUT2D eigenvalue weighted by Gasteiger charge is 2.13. The zero-order valence-electron chi connectivity index (χ0n) is 13.5. The summed E-state index contributed by atoms with van der Waals surface area (Å²) in [4.78, 5) is 12.2. The van der Waals surface area contributed by atoms with Crippen molar-refractivity contribution in [3.8, 4) is 17.6 Å². The molecule has 2 rings (SSSR count). The molecular formula is C18H14BrFN2O3. The Labute approximate surface area is 152 Å². The van der Waals surface area contributed by atoms with Gasteiger partial charge in [-0.05, 0) is 64.0 Å². The summed E-state index contributed by atoms with van der Waals surface area (Å²) in [5, 5.41) is 11.8. The Kier molecular flexibility index (Phi) is 6.14. The minimum atomic E-state index is -0.597. The second-order valence-electron chi connectivity index (χ2n) is 4.87. The first kappa shape index (κ1) is 18.5. The van der Waals surface area contributed by atoms with Gasteiger partial charge >= 0.3 is 0 Å². The van der Waals surface area contributed by atoms with Gasteiger partial charge in [0.15, 0.2) is 11.5 Å². The number of nitrogens with one attached hydrogen (secondary N) is 1. The molecule has 0 fully saturated rings. The van der Waals surface area contributed by atoms with Crippen molar-refractivity contribution in [2.45, 2.75) is 0 Å². The van der Waals surface area contributed by atoms with E-state index in [9.17, 15) is 14.4 Å². The number of hydrogen-bond donors (Lipinski definition) is 1. The maximum absolute atomic E-state index is 12.9. The van der Waals surface area contributed by atoms with Crippen molar-refractivity contribution < 1.29 is 18.7 Å². The predicted octanol–water partition coefficient (Wildman–Crippen LogP) is 4.15. The van der Waals surface area contributed by atoms with E-state index in [0.29, 0.717) is 27.2 Å². The van der Waals surface area contributed by atoms with Crippen LogP contribution in [0.5, 0.6) is 11.5 Å². The van der Waals surface area contributed by atoms with Crippen molar-refractivity contribution in [3.63, 3.8) is 0 Å². The van der Waals surface area contributed by atoms with Crippen LogP contribution in [0.1, 0.15) is 5.56 Å². The summed E-state index contributed by atoms with van der Waals surface area (Å²) in [6, 6.07) is 10.5. The number of carbonyl (C=O) groups is 1. The molecule has 0 heterocycles. The number of rotatable bonds is 5. The van der Waals surface area contributed by atoms with E-state index in [4.69, 9.17) is 9.47 Å². The van der Waals surface area contributed by atoms with Gasteiger partial charge in [0.05, 0.1) is 18.7 Å². The van der Waals surface area contributed by atoms with Gasteiger partial charge in [0.1, 0.15) is 17.5 Å². The van der Waals surface area contributed by atoms with Crippen LogP contribution in [0, 0.1) is 17.1 Å². The van der Waals surface area contributed by atoms with Crippen molar-refractivity contribution >= 4 is 33.6 Å². The molecule has 0 bridgehead atoms. The second kappa shape index (κ2) is 8.31. The molecule has 0 aliphatic carbocycles. The fourth-order valence-corrected chi connectivity index (χ4v) is 2.69. The summed E-state index contributed by atoms with van der Waals surface area (Å²) < 4.78 is 24.0. The lowest BCUT2D eigenvalue weighted by Gasteiger charge is -2.10. The van der Waals surface area contributed by atoms with Gasteiger partial charge < -0.3 is 14.8 Å². The highest BCUT2D eigenvalue weighted by atomic mass is 79.9. The van der Waals surface area contributed by atoms with Gasteiger partial charge in [-0.25, -0.2) is 4.39 Å². The van der Waals surface area contributed by atoms with E-state index in [2.05, 4.69) is 21.2 Å². The highest BCUT2D eigenvalue weighted by Crippen LogP contribution is 2.36. The molecule has 0 saturated carbocycles. The first-order valence-corrected chi connectivity index (χ1v) is 7.88. The molecule has 25 heavy (non-hydrogen) atoms. The standard InChI is InChI=1S/C18H14BrFN2O3/c1-24-16-9-11(8-15(19)17(16)25-2)7-12(10-21)18(23)22-14-5-3-13(20)4-6-14/h3-9H,1-2H3,(H,22,23)/b12-7-. The molecule has 0 unspecified atom stereocenters. The third-order valence-electron chi connectivity index (χ3n) is 3.23. The molecule has 0 radical (unpaired) electrons. The second-order valence-corrected chi connectivity index (χ2v) is 5.72. The average molecular weight is 405 g/mol. The van der Waals surface area contributed by atoms with Crippen LogP contribution in [0.25, 0.3) is 6.08 Å². The maximum Gasteiger partial charge on any atom is 0.266 e. The third-order valence-corrected chi connectivity index (χ3v) is 3.82. The van der Waals surface area contributed by atoms with Gasteiger partial charge in [0.2, 0.25) is 0 Å². The summed E-state index contributed by atoms with van der Waals surface area (Å²) in [6.45, 7) is 0. The van der Waals surface area contributed by atoms with Crippen LogP contribution in [0.15, 0.2) is 46.4 Å². The summed E-state index contributed by atoms with van der Waals surface area (Å²) in [5.41, 5.74) is 0.861. The van der Waals surface area contributed by atoms with E-state index in [0.717, 1.165) is 0 Å². The molecule has 0 aliphatic heterocycles. The Balaban J connectivity index is 2.30. The Bertz CT molecular complexity index is 858. The van der Waals surface area contributed by atoms with Crippen molar-refractivity contribution in [2.75, 3.05) is 19.5 Å². The zero-order chi connectivity index (χ0) is 18.4. The van der Waals surface area contributed by atoms with E-state index >= 15 is 0 Å². The first-order valence-electron chi connectivity index (χ1n) is 7.08. The molecule has 1 N–H and O–H groups in total. The van der Waals surface area contributed by atoms with Gasteiger partial charge in [0.25, 0.3) is 5.91 Å². The van der Waals surface area contributed by atoms with Crippen LogP contribution in [0.2, 0.25) is 0 Å². The molecular weight excluding hydrogens is 391 g/mol. The SMILES string of the molecule is COc1cc(/C=C(/C#N)C(=O)Nc2ccc(F)cc2)cc(Br)c1OC. The van der Waals surface area contributed by atoms with Crippen LogP contribution in [-0.2, 0) is 4.79 Å². The van der Waals surface area contributed by atoms with E-state index < -0.39 is 11.7 Å². The number of carbonyl (C=O) groups excluding carboxylic acids is 1. The number of hydrogen-bond acceptors (Lipinski definition) is 4. The molecule has 0 saturated heterocycles. The summed E-state index contributed by atoms with van der Waals surface area (Å²) in [7, 11) is 3.00. The molecule has 2 aromatic carbocycles. The molecule has 5 nitrogen and oxygen atoms in total. The molecule has 0 aromatic heterocycles. The van der Waals surface area contributed by atoms with Crippen LogP contribution in [0.4, 0.5) is 10.1 Å². The lowest BCUT2D eigenvalue weighted by atomic mass is 10.1. The normalized spacial score (nSPS) is 10.8. The van der Waals surface area contributed by atoms with Gasteiger partial charge in [-0.15, -0.1) is 0 Å². The quantitative estimate of drug-likeness (QED) is 0.599. The molecule has 128 valence electrons. The van der Waals surface area contributed by atoms with Crippen LogP contribution in [0.3, 0.4) is 0 Å². The van der Waals surface area contributed by atoms with Crippen LogP contribution >= 0.6 is 15.9 Å².